The maximum Gasteiger partial charge on any atom is 0.251 e. The SMILES string of the molecule is CC1=NN(c2nc(N)nc(C[P+](c3ccccc3)(c3ccccc3)c3ccccc3)n2)C(C)(C)C1.[Br-]. The Bertz CT molecular complexity index is 1250. The standard InChI is InChI=1S/C28H30N6P.BrH/c1-21-19-28(2,3)34(33-21)27-31-25(30-26(29)32-27)20-35(22-13-7-4-8-14-22,23-15-9-5-10-16-23)24-17-11-6-12-18-24;/h4-18H,19-20H2,1-3H3,(H2,29,30,31,32);1H/q+1;/p-1. The van der Waals surface area contributed by atoms with Gasteiger partial charge in [-0.25, -0.2) is 5.01 Å². The van der Waals surface area contributed by atoms with Crippen LogP contribution < -0.4 is 43.6 Å². The average molecular weight is 561 g/mol. The van der Waals surface area contributed by atoms with Gasteiger partial charge in [0.15, 0.2) is 5.82 Å². The van der Waals surface area contributed by atoms with Gasteiger partial charge in [0.05, 0.1) is 5.54 Å². The molecule has 0 amide bonds. The van der Waals surface area contributed by atoms with Crippen LogP contribution in [0.2, 0.25) is 0 Å². The lowest BCUT2D eigenvalue weighted by atomic mass is 9.99. The van der Waals surface area contributed by atoms with Gasteiger partial charge in [-0.05, 0) is 57.2 Å². The van der Waals surface area contributed by atoms with Gasteiger partial charge >= 0.3 is 0 Å². The molecule has 36 heavy (non-hydrogen) atoms. The van der Waals surface area contributed by atoms with E-state index in [1.165, 1.54) is 15.9 Å². The van der Waals surface area contributed by atoms with Crippen LogP contribution in [0.15, 0.2) is 96.1 Å². The van der Waals surface area contributed by atoms with E-state index in [9.17, 15) is 0 Å². The molecule has 2 heterocycles. The van der Waals surface area contributed by atoms with Gasteiger partial charge in [-0.3, -0.25) is 0 Å². The summed E-state index contributed by atoms with van der Waals surface area (Å²) in [7, 11) is -2.15. The minimum atomic E-state index is -2.15. The number of rotatable bonds is 6. The molecular formula is C28H30BrN6P. The highest BCUT2D eigenvalue weighted by Gasteiger charge is 2.47. The first-order valence-electron chi connectivity index (χ1n) is 11.8. The molecule has 0 saturated heterocycles. The maximum absolute atomic E-state index is 6.26. The Morgan fingerprint density at radius 3 is 1.67 bits per heavy atom. The topological polar surface area (TPSA) is 80.3 Å². The quantitative estimate of drug-likeness (QED) is 0.360. The van der Waals surface area contributed by atoms with Crippen LogP contribution >= 0.6 is 7.26 Å². The number of hydrogen-bond acceptors (Lipinski definition) is 6. The van der Waals surface area contributed by atoms with Gasteiger partial charge in [0.25, 0.3) is 5.95 Å². The van der Waals surface area contributed by atoms with Gasteiger partial charge in [0.1, 0.15) is 29.3 Å². The van der Waals surface area contributed by atoms with E-state index in [-0.39, 0.29) is 28.5 Å². The van der Waals surface area contributed by atoms with Crippen LogP contribution in [-0.2, 0) is 6.16 Å². The smallest absolute Gasteiger partial charge is 0.251 e. The van der Waals surface area contributed by atoms with Gasteiger partial charge < -0.3 is 22.7 Å². The Morgan fingerprint density at radius 1 is 0.778 bits per heavy atom. The number of hydrogen-bond donors (Lipinski definition) is 1. The van der Waals surface area contributed by atoms with Crippen molar-refractivity contribution in [2.24, 2.45) is 5.10 Å². The summed E-state index contributed by atoms with van der Waals surface area (Å²) in [4.78, 5) is 14.1. The number of hydrazone groups is 1. The first-order valence-corrected chi connectivity index (χ1v) is 13.8. The Balaban J connectivity index is 0.00000304. The molecule has 0 saturated carbocycles. The number of nitrogens with zero attached hydrogens (tertiary/aromatic N) is 5. The summed E-state index contributed by atoms with van der Waals surface area (Å²) >= 11 is 0. The Hall–Kier alpha value is -3.15. The third kappa shape index (κ3) is 4.91. The van der Waals surface area contributed by atoms with E-state index in [0.717, 1.165) is 12.1 Å². The number of halogens is 1. The number of nitrogens with two attached hydrogens (primary N) is 1. The van der Waals surface area contributed by atoms with Gasteiger partial charge in [-0.15, -0.1) is 0 Å². The number of nitrogen functional groups attached to an aromatic ring is 1. The third-order valence-corrected chi connectivity index (χ3v) is 10.7. The molecule has 184 valence electrons. The van der Waals surface area contributed by atoms with Gasteiger partial charge in [0.2, 0.25) is 5.95 Å². The molecule has 5 rings (SSSR count). The highest BCUT2D eigenvalue weighted by atomic mass is 79.9. The zero-order valence-corrected chi connectivity index (χ0v) is 23.2. The number of anilines is 2. The Morgan fingerprint density at radius 2 is 1.25 bits per heavy atom. The van der Waals surface area contributed by atoms with Crippen molar-refractivity contribution in [1.29, 1.82) is 0 Å². The molecule has 0 bridgehead atoms. The molecule has 0 spiro atoms. The summed E-state index contributed by atoms with van der Waals surface area (Å²) in [6.45, 7) is 6.31. The molecule has 0 atom stereocenters. The molecule has 0 radical (unpaired) electrons. The molecule has 4 aromatic rings. The second-order valence-corrected chi connectivity index (χ2v) is 13.0. The van der Waals surface area contributed by atoms with Crippen molar-refractivity contribution in [2.45, 2.75) is 38.9 Å². The second kappa shape index (κ2) is 10.5. The molecule has 3 aromatic carbocycles. The summed E-state index contributed by atoms with van der Waals surface area (Å²) in [5.74, 6) is 1.39. The first kappa shape index (κ1) is 25.9. The third-order valence-electron chi connectivity index (χ3n) is 6.38. The summed E-state index contributed by atoms with van der Waals surface area (Å²) in [5, 5.41) is 10.4. The van der Waals surface area contributed by atoms with E-state index >= 15 is 0 Å². The highest BCUT2D eigenvalue weighted by Crippen LogP contribution is 2.57. The van der Waals surface area contributed by atoms with Crippen LogP contribution in [0.3, 0.4) is 0 Å². The van der Waals surface area contributed by atoms with E-state index in [2.05, 4.69) is 115 Å². The van der Waals surface area contributed by atoms with Crippen LogP contribution in [0.4, 0.5) is 11.9 Å². The van der Waals surface area contributed by atoms with Gasteiger partial charge in [0, 0.05) is 12.1 Å². The van der Waals surface area contributed by atoms with Crippen LogP contribution in [0.25, 0.3) is 0 Å². The molecule has 0 fully saturated rings. The predicted molar refractivity (Wildman–Crippen MR) is 147 cm³/mol. The summed E-state index contributed by atoms with van der Waals surface area (Å²) < 4.78 is 0. The van der Waals surface area contributed by atoms with Crippen molar-refractivity contribution in [2.75, 3.05) is 10.7 Å². The molecule has 1 aromatic heterocycles. The molecule has 6 nitrogen and oxygen atoms in total. The minimum Gasteiger partial charge on any atom is -1.00 e. The Labute approximate surface area is 223 Å². The monoisotopic (exact) mass is 560 g/mol. The molecular weight excluding hydrogens is 531 g/mol. The molecule has 1 aliphatic rings. The molecule has 8 heteroatoms. The van der Waals surface area contributed by atoms with E-state index < -0.39 is 7.26 Å². The van der Waals surface area contributed by atoms with E-state index in [1.54, 1.807) is 0 Å². The van der Waals surface area contributed by atoms with Crippen LogP contribution in [0.5, 0.6) is 0 Å². The lowest BCUT2D eigenvalue weighted by Gasteiger charge is -2.29. The lowest BCUT2D eigenvalue weighted by molar-refractivity contribution is -0.00000796. The summed E-state index contributed by atoms with van der Waals surface area (Å²) in [6.07, 6.45) is 1.48. The molecule has 2 N–H and O–H groups in total. The van der Waals surface area contributed by atoms with Crippen LogP contribution in [0, 0.1) is 0 Å². The summed E-state index contributed by atoms with van der Waals surface area (Å²) in [5.41, 5.74) is 7.09. The molecule has 1 aliphatic heterocycles. The van der Waals surface area contributed by atoms with Crippen molar-refractivity contribution in [1.82, 2.24) is 15.0 Å². The predicted octanol–water partition coefficient (Wildman–Crippen LogP) is 1.32. The zero-order valence-electron chi connectivity index (χ0n) is 20.7. The van der Waals surface area contributed by atoms with E-state index in [0.29, 0.717) is 17.9 Å². The number of benzene rings is 3. The van der Waals surface area contributed by atoms with Gasteiger partial charge in [-0.1, -0.05) is 54.6 Å². The normalized spacial score (nSPS) is 14.8. The van der Waals surface area contributed by atoms with Crippen LogP contribution in [-0.4, -0.2) is 26.2 Å². The van der Waals surface area contributed by atoms with Crippen molar-refractivity contribution >= 4 is 40.8 Å². The fourth-order valence-electron chi connectivity index (χ4n) is 4.93. The van der Waals surface area contributed by atoms with Crippen molar-refractivity contribution < 1.29 is 17.0 Å². The molecule has 0 unspecified atom stereocenters. The van der Waals surface area contributed by atoms with E-state index in [4.69, 9.17) is 15.8 Å². The maximum atomic E-state index is 6.26. The fourth-order valence-corrected chi connectivity index (χ4v) is 8.98. The zero-order chi connectivity index (χ0) is 24.5. The average Bonchev–Trinajstić information content (AvgIpc) is 3.15. The largest absolute Gasteiger partial charge is 1.00 e. The molecule has 0 aliphatic carbocycles. The van der Waals surface area contributed by atoms with Crippen molar-refractivity contribution in [3.63, 3.8) is 0 Å². The van der Waals surface area contributed by atoms with Gasteiger partial charge in [-0.2, -0.15) is 20.1 Å². The fraction of sp³-hybridized carbons (Fsp3) is 0.214. The van der Waals surface area contributed by atoms with Crippen LogP contribution in [0.1, 0.15) is 33.0 Å². The minimum absolute atomic E-state index is 0. The van der Waals surface area contributed by atoms with Crippen molar-refractivity contribution in [3.05, 3.63) is 96.8 Å². The Kier molecular flexibility index (Phi) is 7.53. The lowest BCUT2D eigenvalue weighted by Crippen LogP contribution is -3.00. The second-order valence-electron chi connectivity index (χ2n) is 9.52. The highest BCUT2D eigenvalue weighted by molar-refractivity contribution is 7.95. The summed E-state index contributed by atoms with van der Waals surface area (Å²) in [6, 6.07) is 32.1. The van der Waals surface area contributed by atoms with Crippen molar-refractivity contribution in [3.8, 4) is 0 Å². The number of aromatic nitrogens is 3. The first-order chi connectivity index (χ1) is 16.9. The van der Waals surface area contributed by atoms with E-state index in [1.807, 2.05) is 11.9 Å².